The van der Waals surface area contributed by atoms with E-state index in [2.05, 4.69) is 4.98 Å². The van der Waals surface area contributed by atoms with E-state index in [9.17, 15) is 9.59 Å². The van der Waals surface area contributed by atoms with Crippen molar-refractivity contribution >= 4 is 16.9 Å². The predicted molar refractivity (Wildman–Crippen MR) is 81.6 cm³/mol. The minimum atomic E-state index is -0.890. The van der Waals surface area contributed by atoms with Crippen LogP contribution in [-0.4, -0.2) is 20.6 Å². The highest BCUT2D eigenvalue weighted by molar-refractivity contribution is 5.77. The van der Waals surface area contributed by atoms with Crippen molar-refractivity contribution in [2.75, 3.05) is 0 Å². The molecule has 0 saturated carbocycles. The Morgan fingerprint density at radius 3 is 2.62 bits per heavy atom. The number of aromatic nitrogens is 2. The van der Waals surface area contributed by atoms with Crippen LogP contribution in [-0.2, 0) is 16.8 Å². The highest BCUT2D eigenvalue weighted by atomic mass is 16.4. The van der Waals surface area contributed by atoms with Crippen LogP contribution in [0.25, 0.3) is 10.9 Å². The number of hydrogen-bond donors (Lipinski definition) is 1. The zero-order chi connectivity index (χ0) is 15.6. The number of aliphatic carboxylic acids is 1. The predicted octanol–water partition coefficient (Wildman–Crippen LogP) is 2.56. The van der Waals surface area contributed by atoms with Crippen LogP contribution in [0.4, 0.5) is 0 Å². The second-order valence-electron chi connectivity index (χ2n) is 5.75. The topological polar surface area (TPSA) is 72.2 Å². The molecule has 0 spiro atoms. The van der Waals surface area contributed by atoms with E-state index in [4.69, 9.17) is 5.11 Å². The fourth-order valence-electron chi connectivity index (χ4n) is 2.35. The summed E-state index contributed by atoms with van der Waals surface area (Å²) in [5.41, 5.74) is 0.112. The van der Waals surface area contributed by atoms with Crippen LogP contribution in [0.1, 0.15) is 39.4 Å². The van der Waals surface area contributed by atoms with Gasteiger partial charge in [-0.15, -0.1) is 0 Å². The van der Waals surface area contributed by atoms with E-state index < -0.39 is 11.5 Å². The maximum Gasteiger partial charge on any atom is 0.303 e. The van der Waals surface area contributed by atoms with Crippen molar-refractivity contribution in [1.29, 1.82) is 0 Å². The Morgan fingerprint density at radius 1 is 1.33 bits per heavy atom. The lowest BCUT2D eigenvalue weighted by Crippen LogP contribution is -2.39. The van der Waals surface area contributed by atoms with Gasteiger partial charge in [0.15, 0.2) is 0 Å². The van der Waals surface area contributed by atoms with Gasteiger partial charge in [0.25, 0.3) is 5.56 Å². The number of hydrogen-bond acceptors (Lipinski definition) is 3. The van der Waals surface area contributed by atoms with Gasteiger partial charge in [0.2, 0.25) is 0 Å². The van der Waals surface area contributed by atoms with Crippen molar-refractivity contribution in [2.45, 2.75) is 45.6 Å². The molecule has 1 N–H and O–H groups in total. The molecule has 5 heteroatoms. The van der Waals surface area contributed by atoms with E-state index in [1.807, 2.05) is 32.9 Å². The fraction of sp³-hybridized carbons (Fsp3) is 0.438. The summed E-state index contributed by atoms with van der Waals surface area (Å²) in [5, 5.41) is 9.46. The molecule has 1 heterocycles. The number of nitrogens with zero attached hydrogens (tertiary/aromatic N) is 2. The van der Waals surface area contributed by atoms with Gasteiger partial charge in [-0.25, -0.2) is 4.98 Å². The summed E-state index contributed by atoms with van der Waals surface area (Å²) in [6.45, 7) is 5.94. The Bertz CT molecular complexity index is 732. The van der Waals surface area contributed by atoms with Crippen molar-refractivity contribution in [1.82, 2.24) is 9.55 Å². The summed E-state index contributed by atoms with van der Waals surface area (Å²) in [6, 6.07) is 7.18. The Balaban J connectivity index is 2.71. The Kier molecular flexibility index (Phi) is 4.11. The number of carbonyl (C=O) groups is 1. The molecule has 0 unspecified atom stereocenters. The molecule has 5 nitrogen and oxygen atoms in total. The average Bonchev–Trinajstić information content (AvgIpc) is 2.45. The average molecular weight is 288 g/mol. The molecule has 0 aliphatic rings. The van der Waals surface area contributed by atoms with Gasteiger partial charge < -0.3 is 5.11 Å². The van der Waals surface area contributed by atoms with Crippen LogP contribution >= 0.6 is 0 Å². The molecule has 1 aromatic heterocycles. The zero-order valence-electron chi connectivity index (χ0n) is 12.6. The molecule has 0 amide bonds. The van der Waals surface area contributed by atoms with Crippen molar-refractivity contribution in [3.8, 4) is 0 Å². The van der Waals surface area contributed by atoms with Crippen LogP contribution < -0.4 is 5.56 Å². The summed E-state index contributed by atoms with van der Waals surface area (Å²) in [4.78, 5) is 28.1. The molecular weight excluding hydrogens is 268 g/mol. The van der Waals surface area contributed by atoms with E-state index in [-0.39, 0.29) is 18.4 Å². The van der Waals surface area contributed by atoms with Gasteiger partial charge >= 0.3 is 5.97 Å². The number of fused-ring (bicyclic) bond motifs is 1. The maximum absolute atomic E-state index is 12.8. The molecule has 0 bridgehead atoms. The fourth-order valence-corrected chi connectivity index (χ4v) is 2.35. The third-order valence-electron chi connectivity index (χ3n) is 3.88. The molecule has 2 aromatic rings. The molecular formula is C16H20N2O3. The third kappa shape index (κ3) is 2.96. The highest BCUT2D eigenvalue weighted by Gasteiger charge is 2.24. The van der Waals surface area contributed by atoms with Gasteiger partial charge in [-0.2, -0.15) is 0 Å². The van der Waals surface area contributed by atoms with E-state index in [0.717, 1.165) is 6.42 Å². The maximum atomic E-state index is 12.8. The van der Waals surface area contributed by atoms with Crippen LogP contribution in [0, 0.1) is 0 Å². The molecule has 0 saturated heterocycles. The normalized spacial score (nSPS) is 11.8. The lowest BCUT2D eigenvalue weighted by atomic mass is 10.0. The first kappa shape index (κ1) is 15.2. The van der Waals surface area contributed by atoms with Crippen LogP contribution in [0.5, 0.6) is 0 Å². The second kappa shape index (κ2) is 5.68. The Hall–Kier alpha value is -2.17. The van der Waals surface area contributed by atoms with Gasteiger partial charge in [0.05, 0.1) is 17.3 Å². The number of benzene rings is 1. The first-order valence-electron chi connectivity index (χ1n) is 7.10. The van der Waals surface area contributed by atoms with E-state index >= 15 is 0 Å². The Morgan fingerprint density at radius 2 is 2.00 bits per heavy atom. The zero-order valence-corrected chi connectivity index (χ0v) is 12.6. The smallest absolute Gasteiger partial charge is 0.303 e. The van der Waals surface area contributed by atoms with Crippen LogP contribution in [0.15, 0.2) is 29.1 Å². The largest absolute Gasteiger partial charge is 0.481 e. The van der Waals surface area contributed by atoms with Crippen molar-refractivity contribution in [3.63, 3.8) is 0 Å². The van der Waals surface area contributed by atoms with Crippen LogP contribution in [0.2, 0.25) is 0 Å². The number of rotatable bonds is 5. The molecule has 2 rings (SSSR count). The first-order valence-corrected chi connectivity index (χ1v) is 7.10. The molecule has 0 aliphatic heterocycles. The molecule has 21 heavy (non-hydrogen) atoms. The Labute approximate surface area is 123 Å². The van der Waals surface area contributed by atoms with Crippen molar-refractivity contribution in [3.05, 3.63) is 40.4 Å². The third-order valence-corrected chi connectivity index (χ3v) is 3.88. The number of carboxylic acid groups (broad SMARTS) is 1. The molecule has 0 aliphatic carbocycles. The van der Waals surface area contributed by atoms with E-state index in [0.29, 0.717) is 16.7 Å². The minimum absolute atomic E-state index is 0.0371. The summed E-state index contributed by atoms with van der Waals surface area (Å²) in [6.07, 6.45) is 0.969. The number of carboxylic acids is 1. The van der Waals surface area contributed by atoms with Crippen molar-refractivity contribution in [2.24, 2.45) is 0 Å². The van der Waals surface area contributed by atoms with Crippen molar-refractivity contribution < 1.29 is 9.90 Å². The molecule has 0 atom stereocenters. The summed E-state index contributed by atoms with van der Waals surface area (Å²) in [5.74, 6) is -0.355. The van der Waals surface area contributed by atoms with E-state index in [1.165, 1.54) is 0 Å². The second-order valence-corrected chi connectivity index (χ2v) is 5.75. The standard InChI is InChI=1S/C16H20N2O3/c1-4-16(2,3)18-13(9-10-14(19)20)17-12-8-6-5-7-11(12)15(18)21/h5-8H,4,9-10H2,1-3H3,(H,19,20). The molecule has 1 aromatic carbocycles. The quantitative estimate of drug-likeness (QED) is 0.917. The number of para-hydroxylation sites is 1. The monoisotopic (exact) mass is 288 g/mol. The highest BCUT2D eigenvalue weighted by Crippen LogP contribution is 2.21. The summed E-state index contributed by atoms with van der Waals surface area (Å²) >= 11 is 0. The summed E-state index contributed by atoms with van der Waals surface area (Å²) in [7, 11) is 0. The van der Waals surface area contributed by atoms with E-state index in [1.54, 1.807) is 16.7 Å². The number of aryl methyl sites for hydroxylation is 1. The minimum Gasteiger partial charge on any atom is -0.481 e. The first-order chi connectivity index (χ1) is 9.86. The molecule has 0 radical (unpaired) electrons. The van der Waals surface area contributed by atoms with Gasteiger partial charge in [0, 0.05) is 12.0 Å². The lowest BCUT2D eigenvalue weighted by molar-refractivity contribution is -0.137. The van der Waals surface area contributed by atoms with Gasteiger partial charge in [-0.05, 0) is 32.4 Å². The van der Waals surface area contributed by atoms with Gasteiger partial charge in [-0.3, -0.25) is 14.2 Å². The van der Waals surface area contributed by atoms with Gasteiger partial charge in [0.1, 0.15) is 5.82 Å². The molecule has 0 fully saturated rings. The van der Waals surface area contributed by atoms with Gasteiger partial charge in [-0.1, -0.05) is 19.1 Å². The molecule has 112 valence electrons. The SMILES string of the molecule is CCC(C)(C)n1c(CCC(=O)O)nc2ccccc2c1=O. The summed E-state index contributed by atoms with van der Waals surface area (Å²) < 4.78 is 1.65. The lowest BCUT2D eigenvalue weighted by Gasteiger charge is -2.29. The van der Waals surface area contributed by atoms with Crippen LogP contribution in [0.3, 0.4) is 0 Å².